The number of benzene rings is 1. The minimum atomic E-state index is -0.244. The van der Waals surface area contributed by atoms with Crippen LogP contribution < -0.4 is 15.4 Å². The molecular weight excluding hydrogens is 442 g/mol. The van der Waals surface area contributed by atoms with Crippen molar-refractivity contribution < 1.29 is 19.1 Å². The first-order chi connectivity index (χ1) is 16.1. The molecule has 2 aromatic heterocycles. The number of carbonyl (C=O) groups excluding carboxylic acids is 2. The second-order valence-electron chi connectivity index (χ2n) is 7.06. The number of ether oxygens (including phenoxy) is 2. The third kappa shape index (κ3) is 7.55. The highest BCUT2D eigenvalue weighted by Gasteiger charge is 2.20. The number of hydrogen-bond donors (Lipinski definition) is 2. The van der Waals surface area contributed by atoms with Crippen molar-refractivity contribution in [1.82, 2.24) is 20.2 Å². The van der Waals surface area contributed by atoms with Gasteiger partial charge in [-0.25, -0.2) is 4.98 Å². The second kappa shape index (κ2) is 12.5. The zero-order chi connectivity index (χ0) is 23.5. The third-order valence-corrected chi connectivity index (χ3v) is 5.50. The number of aromatic nitrogens is 2. The summed E-state index contributed by atoms with van der Waals surface area (Å²) in [5, 5.41) is 8.34. The van der Waals surface area contributed by atoms with Gasteiger partial charge in [0.15, 0.2) is 5.13 Å². The largest absolute Gasteiger partial charge is 0.497 e. The number of rotatable bonds is 12. The van der Waals surface area contributed by atoms with Crippen LogP contribution in [0.4, 0.5) is 10.8 Å². The van der Waals surface area contributed by atoms with Crippen LogP contribution in [0.25, 0.3) is 0 Å². The number of amides is 2. The Morgan fingerprint density at radius 2 is 1.94 bits per heavy atom. The van der Waals surface area contributed by atoms with Crippen molar-refractivity contribution >= 4 is 34.0 Å². The number of anilines is 2. The van der Waals surface area contributed by atoms with Gasteiger partial charge in [-0.15, -0.1) is 11.3 Å². The van der Waals surface area contributed by atoms with Crippen LogP contribution in [0.2, 0.25) is 0 Å². The van der Waals surface area contributed by atoms with Crippen LogP contribution in [0.15, 0.2) is 54.2 Å². The van der Waals surface area contributed by atoms with Crippen LogP contribution >= 0.6 is 11.3 Å². The standard InChI is InChI=1S/C23H27N5O4S/c1-31-13-12-28(11-9-21(29)25-15-17-4-3-10-24-14-17)22(30)20-16-33-23(27-20)26-18-5-7-19(32-2)8-6-18/h3-8,10,14,16H,9,11-13,15H2,1-2H3,(H,25,29)(H,26,27). The normalized spacial score (nSPS) is 10.5. The maximum Gasteiger partial charge on any atom is 0.273 e. The molecule has 2 heterocycles. The molecule has 0 atom stereocenters. The molecule has 10 heteroatoms. The number of nitrogens with zero attached hydrogens (tertiary/aromatic N) is 3. The number of pyridine rings is 1. The molecule has 174 valence electrons. The SMILES string of the molecule is COCCN(CCC(=O)NCc1cccnc1)C(=O)c1csc(Nc2ccc(OC)cc2)n1. The molecule has 0 radical (unpaired) electrons. The number of nitrogens with one attached hydrogen (secondary N) is 2. The molecule has 0 bridgehead atoms. The molecule has 3 rings (SSSR count). The summed E-state index contributed by atoms with van der Waals surface area (Å²) in [6, 6.07) is 11.1. The van der Waals surface area contributed by atoms with Crippen LogP contribution in [0.5, 0.6) is 5.75 Å². The third-order valence-electron chi connectivity index (χ3n) is 4.74. The second-order valence-corrected chi connectivity index (χ2v) is 7.92. The van der Waals surface area contributed by atoms with E-state index in [1.54, 1.807) is 36.9 Å². The van der Waals surface area contributed by atoms with Crippen LogP contribution in [-0.2, 0) is 16.1 Å². The minimum absolute atomic E-state index is 0.144. The van der Waals surface area contributed by atoms with Gasteiger partial charge in [-0.05, 0) is 35.9 Å². The molecule has 0 saturated carbocycles. The lowest BCUT2D eigenvalue weighted by atomic mass is 10.2. The van der Waals surface area contributed by atoms with E-state index in [-0.39, 0.29) is 24.8 Å². The van der Waals surface area contributed by atoms with Crippen LogP contribution in [0.3, 0.4) is 0 Å². The fourth-order valence-corrected chi connectivity index (χ4v) is 3.64. The van der Waals surface area contributed by atoms with Gasteiger partial charge in [0.1, 0.15) is 11.4 Å². The lowest BCUT2D eigenvalue weighted by Crippen LogP contribution is -2.37. The van der Waals surface area contributed by atoms with Gasteiger partial charge in [0.25, 0.3) is 5.91 Å². The molecule has 0 fully saturated rings. The van der Waals surface area contributed by atoms with Gasteiger partial charge in [-0.3, -0.25) is 14.6 Å². The Bertz CT molecular complexity index is 1030. The van der Waals surface area contributed by atoms with Crippen molar-refractivity contribution in [2.45, 2.75) is 13.0 Å². The highest BCUT2D eigenvalue weighted by atomic mass is 32.1. The Kier molecular flexibility index (Phi) is 9.16. The number of methoxy groups -OCH3 is 2. The smallest absolute Gasteiger partial charge is 0.273 e. The van der Waals surface area contributed by atoms with Crippen molar-refractivity contribution in [1.29, 1.82) is 0 Å². The first-order valence-electron chi connectivity index (χ1n) is 10.4. The van der Waals surface area contributed by atoms with E-state index in [1.807, 2.05) is 36.4 Å². The highest BCUT2D eigenvalue weighted by molar-refractivity contribution is 7.14. The average molecular weight is 470 g/mol. The predicted molar refractivity (Wildman–Crippen MR) is 127 cm³/mol. The molecule has 0 aliphatic heterocycles. The first kappa shape index (κ1) is 24.1. The summed E-state index contributed by atoms with van der Waals surface area (Å²) in [7, 11) is 3.18. The molecule has 33 heavy (non-hydrogen) atoms. The number of thiazole rings is 1. The Labute approximate surface area is 196 Å². The van der Waals surface area contributed by atoms with Crippen molar-refractivity contribution in [3.05, 3.63) is 65.4 Å². The highest BCUT2D eigenvalue weighted by Crippen LogP contribution is 2.23. The molecule has 3 aromatic rings. The lowest BCUT2D eigenvalue weighted by molar-refractivity contribution is -0.121. The summed E-state index contributed by atoms with van der Waals surface area (Å²) in [5.74, 6) is 0.370. The molecule has 0 aliphatic rings. The molecule has 9 nitrogen and oxygen atoms in total. The number of carbonyl (C=O) groups is 2. The van der Waals surface area contributed by atoms with E-state index in [4.69, 9.17) is 9.47 Å². The molecule has 0 aliphatic carbocycles. The monoisotopic (exact) mass is 469 g/mol. The molecule has 2 N–H and O–H groups in total. The van der Waals surface area contributed by atoms with Crippen molar-refractivity contribution in [2.75, 3.05) is 39.2 Å². The van der Waals surface area contributed by atoms with E-state index in [0.717, 1.165) is 17.0 Å². The average Bonchev–Trinajstić information content (AvgIpc) is 3.32. The fraction of sp³-hybridized carbons (Fsp3) is 0.304. The quantitative estimate of drug-likeness (QED) is 0.420. The summed E-state index contributed by atoms with van der Waals surface area (Å²) in [5.41, 5.74) is 2.08. The minimum Gasteiger partial charge on any atom is -0.497 e. The Morgan fingerprint density at radius 1 is 1.12 bits per heavy atom. The van der Waals surface area contributed by atoms with Gasteiger partial charge in [0.05, 0.1) is 13.7 Å². The molecule has 0 spiro atoms. The molecular formula is C23H27N5O4S. The predicted octanol–water partition coefficient (Wildman–Crippen LogP) is 3.09. The van der Waals surface area contributed by atoms with Gasteiger partial charge in [0.2, 0.25) is 5.91 Å². The zero-order valence-electron chi connectivity index (χ0n) is 18.6. The van der Waals surface area contributed by atoms with E-state index in [1.165, 1.54) is 11.3 Å². The van der Waals surface area contributed by atoms with E-state index in [0.29, 0.717) is 30.5 Å². The molecule has 0 saturated heterocycles. The molecule has 2 amide bonds. The lowest BCUT2D eigenvalue weighted by Gasteiger charge is -2.21. The first-order valence-corrected chi connectivity index (χ1v) is 11.3. The maximum atomic E-state index is 13.0. The van der Waals surface area contributed by atoms with Crippen LogP contribution in [0, 0.1) is 0 Å². The summed E-state index contributed by atoms with van der Waals surface area (Å²) in [6.45, 7) is 1.39. The Balaban J connectivity index is 1.56. The topological polar surface area (TPSA) is 106 Å². The maximum absolute atomic E-state index is 13.0. The number of hydrogen-bond acceptors (Lipinski definition) is 8. The fourth-order valence-electron chi connectivity index (χ4n) is 2.93. The van der Waals surface area contributed by atoms with Crippen molar-refractivity contribution in [3.63, 3.8) is 0 Å². The van der Waals surface area contributed by atoms with E-state index >= 15 is 0 Å². The van der Waals surface area contributed by atoms with Gasteiger partial charge in [-0.2, -0.15) is 0 Å². The van der Waals surface area contributed by atoms with Gasteiger partial charge < -0.3 is 25.0 Å². The van der Waals surface area contributed by atoms with Gasteiger partial charge in [0, 0.05) is 56.6 Å². The van der Waals surface area contributed by atoms with Gasteiger partial charge in [-0.1, -0.05) is 6.07 Å². The summed E-state index contributed by atoms with van der Waals surface area (Å²) >= 11 is 1.34. The Morgan fingerprint density at radius 3 is 2.64 bits per heavy atom. The molecule has 1 aromatic carbocycles. The summed E-state index contributed by atoms with van der Waals surface area (Å²) < 4.78 is 10.3. The molecule has 0 unspecified atom stereocenters. The van der Waals surface area contributed by atoms with E-state index in [9.17, 15) is 9.59 Å². The van der Waals surface area contributed by atoms with Gasteiger partial charge >= 0.3 is 0 Å². The van der Waals surface area contributed by atoms with Crippen LogP contribution in [0.1, 0.15) is 22.5 Å². The Hall–Kier alpha value is -3.50. The zero-order valence-corrected chi connectivity index (χ0v) is 19.4. The summed E-state index contributed by atoms with van der Waals surface area (Å²) in [4.78, 5) is 35.3. The van der Waals surface area contributed by atoms with E-state index in [2.05, 4.69) is 20.6 Å². The summed E-state index contributed by atoms with van der Waals surface area (Å²) in [6.07, 6.45) is 3.56. The van der Waals surface area contributed by atoms with E-state index < -0.39 is 0 Å². The van der Waals surface area contributed by atoms with Crippen molar-refractivity contribution in [2.24, 2.45) is 0 Å². The van der Waals surface area contributed by atoms with Crippen molar-refractivity contribution in [3.8, 4) is 5.75 Å². The van der Waals surface area contributed by atoms with Crippen LogP contribution in [-0.4, -0.2) is 60.6 Å².